The van der Waals surface area contributed by atoms with Gasteiger partial charge in [0.2, 0.25) is 0 Å². The number of esters is 2. The zero-order valence-electron chi connectivity index (χ0n) is 18.3. The van der Waals surface area contributed by atoms with Crippen molar-refractivity contribution in [3.05, 3.63) is 29.8 Å². The minimum atomic E-state index is -1.71. The van der Waals surface area contributed by atoms with E-state index in [9.17, 15) is 24.6 Å². The predicted molar refractivity (Wildman–Crippen MR) is 110 cm³/mol. The molecular weight excluding hydrogens is 388 g/mol. The Labute approximate surface area is 177 Å². The molecule has 0 heterocycles. The minimum absolute atomic E-state index is 0.0711. The van der Waals surface area contributed by atoms with Gasteiger partial charge in [0, 0.05) is 12.3 Å². The van der Waals surface area contributed by atoms with Crippen LogP contribution < -0.4 is 0 Å². The van der Waals surface area contributed by atoms with E-state index in [1.165, 1.54) is 19.1 Å². The molecule has 0 saturated heterocycles. The lowest BCUT2D eigenvalue weighted by atomic mass is 9.61. The topological polar surface area (TPSA) is 110 Å². The maximum Gasteiger partial charge on any atom is 0.317 e. The molecule has 0 aliphatic heterocycles. The van der Waals surface area contributed by atoms with Gasteiger partial charge in [-0.2, -0.15) is 0 Å². The molecule has 4 atom stereocenters. The van der Waals surface area contributed by atoms with Crippen molar-refractivity contribution in [2.45, 2.75) is 52.6 Å². The molecule has 0 unspecified atom stereocenters. The van der Waals surface area contributed by atoms with Crippen LogP contribution in [-0.2, 0) is 23.9 Å². The van der Waals surface area contributed by atoms with Gasteiger partial charge in [-0.25, -0.2) is 0 Å². The van der Waals surface area contributed by atoms with Gasteiger partial charge in [0.1, 0.15) is 11.7 Å². The summed E-state index contributed by atoms with van der Waals surface area (Å²) >= 11 is 0. The highest BCUT2D eigenvalue weighted by Gasteiger charge is 2.57. The molecule has 1 saturated carbocycles. The number of hydrogen-bond acceptors (Lipinski definition) is 7. The third kappa shape index (κ3) is 5.59. The molecule has 2 rings (SSSR count). The van der Waals surface area contributed by atoms with Crippen molar-refractivity contribution < 1.29 is 34.1 Å². The minimum Gasteiger partial charge on any atom is -0.508 e. The van der Waals surface area contributed by atoms with Crippen LogP contribution in [0.3, 0.4) is 0 Å². The normalized spacial score (nSPS) is 26.7. The molecule has 1 aliphatic rings. The molecule has 1 aliphatic carbocycles. The number of ether oxygens (including phenoxy) is 2. The number of phenols is 1. The zero-order valence-corrected chi connectivity index (χ0v) is 18.3. The number of carbonyl (C=O) groups excluding carboxylic acids is 3. The van der Waals surface area contributed by atoms with Gasteiger partial charge in [-0.1, -0.05) is 39.8 Å². The fraction of sp³-hybridized carbons (Fsp3) is 0.609. The van der Waals surface area contributed by atoms with Gasteiger partial charge < -0.3 is 19.7 Å². The first-order chi connectivity index (χ1) is 13.9. The highest BCUT2D eigenvalue weighted by molar-refractivity contribution is 6.02. The molecule has 7 heteroatoms. The first-order valence-electron chi connectivity index (χ1n) is 10.3. The number of phenolic OH excluding ortho intramolecular Hbond substituents is 1. The molecule has 1 aromatic rings. The summed E-state index contributed by atoms with van der Waals surface area (Å²) in [4.78, 5) is 38.8. The fourth-order valence-electron chi connectivity index (χ4n) is 3.82. The lowest BCUT2D eigenvalue weighted by molar-refractivity contribution is -0.174. The van der Waals surface area contributed by atoms with Crippen molar-refractivity contribution in [1.29, 1.82) is 0 Å². The van der Waals surface area contributed by atoms with Crippen LogP contribution in [0.5, 0.6) is 5.75 Å². The largest absolute Gasteiger partial charge is 0.508 e. The van der Waals surface area contributed by atoms with Crippen molar-refractivity contribution in [3.63, 3.8) is 0 Å². The Hall–Kier alpha value is -2.41. The molecule has 2 N–H and O–H groups in total. The summed E-state index contributed by atoms with van der Waals surface area (Å²) < 4.78 is 10.7. The van der Waals surface area contributed by atoms with Crippen molar-refractivity contribution in [2.75, 3.05) is 13.2 Å². The van der Waals surface area contributed by atoms with Crippen molar-refractivity contribution in [1.82, 2.24) is 0 Å². The van der Waals surface area contributed by atoms with Crippen LogP contribution in [0.25, 0.3) is 0 Å². The van der Waals surface area contributed by atoms with Gasteiger partial charge in [-0.15, -0.1) is 0 Å². The number of aliphatic hydroxyl groups is 1. The molecule has 0 radical (unpaired) electrons. The van der Waals surface area contributed by atoms with Crippen LogP contribution in [0.4, 0.5) is 0 Å². The molecule has 1 fully saturated rings. The summed E-state index contributed by atoms with van der Waals surface area (Å²) in [5.41, 5.74) is -1.32. The lowest BCUT2D eigenvalue weighted by Gasteiger charge is -2.43. The van der Waals surface area contributed by atoms with E-state index in [1.807, 2.05) is 27.7 Å². The van der Waals surface area contributed by atoms with E-state index in [4.69, 9.17) is 9.47 Å². The lowest BCUT2D eigenvalue weighted by Crippen LogP contribution is -2.55. The first kappa shape index (κ1) is 23.9. The number of hydrogen-bond donors (Lipinski definition) is 2. The standard InChI is InChI=1S/C23H32O7/c1-13(2)11-29-21(26)19-17(25)10-23(5,28)20(22(27)30-12-14(3)4)18(19)15-7-6-8-16(24)9-15/h6-9,13-14,18-20,24,28H,10-12H2,1-5H3/t18-,19-,20+,23-/m1/s1. The molecule has 7 nitrogen and oxygen atoms in total. The van der Waals surface area contributed by atoms with E-state index < -0.39 is 41.1 Å². The highest BCUT2D eigenvalue weighted by atomic mass is 16.5. The number of Topliss-reactive ketones (excluding diaryl/α,β-unsaturated/α-hetero) is 1. The average Bonchev–Trinajstić information content (AvgIpc) is 2.62. The van der Waals surface area contributed by atoms with Crippen molar-refractivity contribution >= 4 is 17.7 Å². The SMILES string of the molecule is CC(C)COC(=O)[C@@H]1C(=O)C[C@@](C)(O)[C@H](C(=O)OCC(C)C)[C@@H]1c1cccc(O)c1. The molecule has 0 spiro atoms. The second-order valence-corrected chi connectivity index (χ2v) is 9.12. The Morgan fingerprint density at radius 3 is 2.20 bits per heavy atom. The molecule has 0 bridgehead atoms. The third-order valence-electron chi connectivity index (χ3n) is 5.15. The summed E-state index contributed by atoms with van der Waals surface area (Å²) in [6.45, 7) is 9.20. The maximum absolute atomic E-state index is 13.0. The van der Waals surface area contributed by atoms with Gasteiger partial charge >= 0.3 is 11.9 Å². The molecule has 0 aromatic heterocycles. The van der Waals surface area contributed by atoms with E-state index in [0.29, 0.717) is 5.56 Å². The summed E-state index contributed by atoms with van der Waals surface area (Å²) in [6.07, 6.45) is -0.370. The van der Waals surface area contributed by atoms with E-state index in [0.717, 1.165) is 0 Å². The second kappa shape index (κ2) is 9.60. The molecular formula is C23H32O7. The van der Waals surface area contributed by atoms with Crippen molar-refractivity contribution in [2.24, 2.45) is 23.7 Å². The summed E-state index contributed by atoms with van der Waals surface area (Å²) in [6, 6.07) is 6.02. The van der Waals surface area contributed by atoms with E-state index in [2.05, 4.69) is 0 Å². The molecule has 30 heavy (non-hydrogen) atoms. The Kier molecular flexibility index (Phi) is 7.64. The van der Waals surface area contributed by atoms with E-state index in [-0.39, 0.29) is 37.2 Å². The maximum atomic E-state index is 13.0. The Morgan fingerprint density at radius 1 is 1.10 bits per heavy atom. The van der Waals surface area contributed by atoms with Gasteiger partial charge in [0.15, 0.2) is 5.78 Å². The number of aromatic hydroxyl groups is 1. The average molecular weight is 421 g/mol. The van der Waals surface area contributed by atoms with Crippen LogP contribution in [-0.4, -0.2) is 46.7 Å². The van der Waals surface area contributed by atoms with E-state index in [1.54, 1.807) is 12.1 Å². The van der Waals surface area contributed by atoms with Crippen LogP contribution in [0, 0.1) is 23.7 Å². The quantitative estimate of drug-likeness (QED) is 0.515. The monoisotopic (exact) mass is 420 g/mol. The summed E-state index contributed by atoms with van der Waals surface area (Å²) in [5, 5.41) is 21.0. The van der Waals surface area contributed by atoms with Crippen LogP contribution in [0.1, 0.15) is 52.5 Å². The zero-order chi connectivity index (χ0) is 22.6. The second-order valence-electron chi connectivity index (χ2n) is 9.12. The third-order valence-corrected chi connectivity index (χ3v) is 5.15. The Bertz CT molecular complexity index is 782. The first-order valence-corrected chi connectivity index (χ1v) is 10.3. The van der Waals surface area contributed by atoms with Gasteiger partial charge in [-0.05, 0) is 36.5 Å². The van der Waals surface area contributed by atoms with Gasteiger partial charge in [-0.3, -0.25) is 14.4 Å². The summed E-state index contributed by atoms with van der Waals surface area (Å²) in [7, 11) is 0. The molecule has 166 valence electrons. The molecule has 0 amide bonds. The van der Waals surface area contributed by atoms with Gasteiger partial charge in [0.05, 0.1) is 24.7 Å². The fourth-order valence-corrected chi connectivity index (χ4v) is 3.82. The van der Waals surface area contributed by atoms with Gasteiger partial charge in [0.25, 0.3) is 0 Å². The number of carbonyl (C=O) groups is 3. The van der Waals surface area contributed by atoms with Crippen LogP contribution >= 0.6 is 0 Å². The van der Waals surface area contributed by atoms with Crippen LogP contribution in [0.2, 0.25) is 0 Å². The Morgan fingerprint density at radius 2 is 1.67 bits per heavy atom. The Balaban J connectivity index is 2.53. The van der Waals surface area contributed by atoms with Crippen LogP contribution in [0.15, 0.2) is 24.3 Å². The number of benzene rings is 1. The van der Waals surface area contributed by atoms with Crippen molar-refractivity contribution in [3.8, 4) is 5.75 Å². The van der Waals surface area contributed by atoms with E-state index >= 15 is 0 Å². The highest BCUT2D eigenvalue weighted by Crippen LogP contribution is 2.47. The smallest absolute Gasteiger partial charge is 0.317 e. The number of ketones is 1. The predicted octanol–water partition coefficient (Wildman–Crippen LogP) is 2.83. The summed E-state index contributed by atoms with van der Waals surface area (Å²) in [5.74, 6) is -5.32. The molecule has 1 aromatic carbocycles. The number of rotatable bonds is 7.